The topological polar surface area (TPSA) is 57.6 Å². The van der Waals surface area contributed by atoms with Crippen LogP contribution in [0.5, 0.6) is 0 Å². The maximum atomic E-state index is 12.6. The fraction of sp³-hybridized carbons (Fsp3) is 0.429. The molecule has 0 aliphatic carbocycles. The maximum Gasteiger partial charge on any atom is 0.308 e. The molecule has 2 saturated heterocycles. The quantitative estimate of drug-likeness (QED) is 0.883. The van der Waals surface area contributed by atoms with E-state index in [1.54, 1.807) is 23.1 Å². The van der Waals surface area contributed by atoms with Gasteiger partial charge in [0.05, 0.1) is 10.9 Å². The molecule has 1 aromatic rings. The molecule has 2 aliphatic rings. The van der Waals surface area contributed by atoms with Crippen LogP contribution in [0, 0.1) is 5.92 Å². The van der Waals surface area contributed by atoms with Gasteiger partial charge in [0.1, 0.15) is 0 Å². The Morgan fingerprint density at radius 3 is 2.70 bits per heavy atom. The summed E-state index contributed by atoms with van der Waals surface area (Å²) < 4.78 is 0.739. The van der Waals surface area contributed by atoms with Crippen LogP contribution in [0.2, 0.25) is 5.02 Å². The number of benzene rings is 1. The molecule has 2 heterocycles. The number of carboxylic acids is 1. The van der Waals surface area contributed by atoms with E-state index in [2.05, 4.69) is 15.9 Å². The van der Waals surface area contributed by atoms with Gasteiger partial charge >= 0.3 is 5.97 Å². The number of carboxylic acid groups (broad SMARTS) is 1. The smallest absolute Gasteiger partial charge is 0.308 e. The molecular formula is C14H13BrClNO3. The number of nitrogens with zero attached hydrogens (tertiary/aromatic N) is 1. The molecule has 20 heavy (non-hydrogen) atoms. The van der Waals surface area contributed by atoms with Crippen LogP contribution in [0.4, 0.5) is 0 Å². The number of halogens is 2. The summed E-state index contributed by atoms with van der Waals surface area (Å²) in [5, 5.41) is 9.70. The maximum absolute atomic E-state index is 12.6. The van der Waals surface area contributed by atoms with E-state index in [4.69, 9.17) is 11.6 Å². The molecule has 1 N–H and O–H groups in total. The fourth-order valence-corrected chi connectivity index (χ4v) is 3.78. The Bertz CT molecular complexity index is 592. The van der Waals surface area contributed by atoms with E-state index in [-0.39, 0.29) is 18.0 Å². The van der Waals surface area contributed by atoms with Gasteiger partial charge in [0.2, 0.25) is 0 Å². The normalized spacial score (nSPS) is 27.9. The Labute approximate surface area is 129 Å². The molecule has 2 bridgehead atoms. The second kappa shape index (κ2) is 5.04. The minimum Gasteiger partial charge on any atom is -0.481 e. The molecular weight excluding hydrogens is 346 g/mol. The SMILES string of the molecule is O=C(O)C1CC2CCC1N2C(=O)c1ccc(Br)c(Cl)c1. The Balaban J connectivity index is 1.88. The van der Waals surface area contributed by atoms with Crippen molar-refractivity contribution < 1.29 is 14.7 Å². The minimum atomic E-state index is -0.802. The van der Waals surface area contributed by atoms with Crippen LogP contribution < -0.4 is 0 Å². The lowest BCUT2D eigenvalue weighted by molar-refractivity contribution is -0.142. The highest BCUT2D eigenvalue weighted by atomic mass is 79.9. The zero-order valence-corrected chi connectivity index (χ0v) is 12.9. The number of hydrogen-bond acceptors (Lipinski definition) is 2. The number of hydrogen-bond donors (Lipinski definition) is 1. The lowest BCUT2D eigenvalue weighted by Gasteiger charge is -2.23. The number of amides is 1. The molecule has 0 spiro atoms. The average Bonchev–Trinajstić information content (AvgIpc) is 2.98. The van der Waals surface area contributed by atoms with Gasteiger partial charge in [-0.1, -0.05) is 11.6 Å². The van der Waals surface area contributed by atoms with Gasteiger partial charge in [0.15, 0.2) is 0 Å². The molecule has 3 unspecified atom stereocenters. The number of rotatable bonds is 2. The highest BCUT2D eigenvalue weighted by Gasteiger charge is 2.51. The summed E-state index contributed by atoms with van der Waals surface area (Å²) >= 11 is 9.31. The third kappa shape index (κ3) is 2.13. The van der Waals surface area contributed by atoms with Gasteiger partial charge in [0, 0.05) is 22.1 Å². The molecule has 1 aromatic carbocycles. The standard InChI is InChI=1S/C14H13BrClNO3/c15-10-3-1-7(5-11(10)16)13(18)17-8-2-4-12(17)9(6-8)14(19)20/h1,3,5,8-9,12H,2,4,6H2,(H,19,20). The van der Waals surface area contributed by atoms with Crippen molar-refractivity contribution in [3.63, 3.8) is 0 Å². The zero-order valence-electron chi connectivity index (χ0n) is 10.6. The number of carbonyl (C=O) groups excluding carboxylic acids is 1. The molecule has 4 nitrogen and oxygen atoms in total. The van der Waals surface area contributed by atoms with Gasteiger partial charge in [-0.2, -0.15) is 0 Å². The number of fused-ring (bicyclic) bond motifs is 2. The highest BCUT2D eigenvalue weighted by molar-refractivity contribution is 9.10. The molecule has 2 aliphatic heterocycles. The minimum absolute atomic E-state index is 0.0519. The molecule has 106 valence electrons. The molecule has 3 rings (SSSR count). The molecule has 0 radical (unpaired) electrons. The summed E-state index contributed by atoms with van der Waals surface area (Å²) in [7, 11) is 0. The summed E-state index contributed by atoms with van der Waals surface area (Å²) in [6.45, 7) is 0. The van der Waals surface area contributed by atoms with Crippen molar-refractivity contribution in [1.82, 2.24) is 4.90 Å². The molecule has 0 aromatic heterocycles. The molecule has 3 atom stereocenters. The van der Waals surface area contributed by atoms with Gasteiger partial charge < -0.3 is 10.0 Å². The summed E-state index contributed by atoms with van der Waals surface area (Å²) in [6, 6.07) is 4.96. The van der Waals surface area contributed by atoms with E-state index < -0.39 is 11.9 Å². The molecule has 6 heteroatoms. The fourth-order valence-electron chi connectivity index (χ4n) is 3.35. The predicted molar refractivity (Wildman–Crippen MR) is 77.9 cm³/mol. The first-order valence-corrected chi connectivity index (χ1v) is 7.66. The van der Waals surface area contributed by atoms with Crippen LogP contribution in [-0.4, -0.2) is 34.0 Å². The first kappa shape index (κ1) is 13.9. The van der Waals surface area contributed by atoms with Crippen molar-refractivity contribution >= 4 is 39.4 Å². The third-order valence-corrected chi connectivity index (χ3v) is 5.49. The second-order valence-corrected chi connectivity index (χ2v) is 6.58. The van der Waals surface area contributed by atoms with E-state index in [0.29, 0.717) is 17.0 Å². The molecule has 2 fully saturated rings. The Hall–Kier alpha value is -1.07. The highest BCUT2D eigenvalue weighted by Crippen LogP contribution is 2.42. The van der Waals surface area contributed by atoms with Crippen LogP contribution in [0.3, 0.4) is 0 Å². The van der Waals surface area contributed by atoms with Gasteiger partial charge in [0.25, 0.3) is 5.91 Å². The summed E-state index contributed by atoms with van der Waals surface area (Å²) in [4.78, 5) is 25.6. The Kier molecular flexibility index (Phi) is 3.50. The van der Waals surface area contributed by atoms with Crippen molar-refractivity contribution in [2.24, 2.45) is 5.92 Å². The lowest BCUT2D eigenvalue weighted by atomic mass is 9.89. The number of aliphatic carboxylic acids is 1. The Morgan fingerprint density at radius 1 is 1.35 bits per heavy atom. The van der Waals surface area contributed by atoms with Crippen molar-refractivity contribution in [1.29, 1.82) is 0 Å². The van der Waals surface area contributed by atoms with Crippen molar-refractivity contribution in [3.8, 4) is 0 Å². The van der Waals surface area contributed by atoms with Crippen molar-refractivity contribution in [3.05, 3.63) is 33.3 Å². The first-order chi connectivity index (χ1) is 9.49. The van der Waals surface area contributed by atoms with Gasteiger partial charge in [-0.25, -0.2) is 0 Å². The van der Waals surface area contributed by atoms with E-state index >= 15 is 0 Å². The number of carbonyl (C=O) groups is 2. The van der Waals surface area contributed by atoms with Gasteiger partial charge in [-0.05, 0) is 53.4 Å². The first-order valence-electron chi connectivity index (χ1n) is 6.49. The van der Waals surface area contributed by atoms with Crippen molar-refractivity contribution in [2.45, 2.75) is 31.3 Å². The van der Waals surface area contributed by atoms with E-state index in [1.165, 1.54) is 0 Å². The summed E-state index contributed by atoms with van der Waals surface area (Å²) in [6.07, 6.45) is 2.23. The second-order valence-electron chi connectivity index (χ2n) is 5.32. The summed E-state index contributed by atoms with van der Waals surface area (Å²) in [5.74, 6) is -1.34. The molecule has 1 amide bonds. The lowest BCUT2D eigenvalue weighted by Crippen LogP contribution is -2.37. The average molecular weight is 359 g/mol. The van der Waals surface area contributed by atoms with Gasteiger partial charge in [-0.3, -0.25) is 9.59 Å². The third-order valence-electron chi connectivity index (χ3n) is 4.26. The van der Waals surface area contributed by atoms with Crippen LogP contribution in [0.25, 0.3) is 0 Å². The van der Waals surface area contributed by atoms with Crippen LogP contribution in [-0.2, 0) is 4.79 Å². The van der Waals surface area contributed by atoms with Crippen molar-refractivity contribution in [2.75, 3.05) is 0 Å². The van der Waals surface area contributed by atoms with E-state index in [0.717, 1.165) is 17.3 Å². The largest absolute Gasteiger partial charge is 0.481 e. The van der Waals surface area contributed by atoms with Crippen LogP contribution in [0.15, 0.2) is 22.7 Å². The van der Waals surface area contributed by atoms with Crippen LogP contribution in [0.1, 0.15) is 29.6 Å². The predicted octanol–water partition coefficient (Wildman–Crippen LogP) is 3.18. The summed E-state index contributed by atoms with van der Waals surface area (Å²) in [5.41, 5.74) is 0.515. The van der Waals surface area contributed by atoms with E-state index in [9.17, 15) is 14.7 Å². The van der Waals surface area contributed by atoms with Gasteiger partial charge in [-0.15, -0.1) is 0 Å². The van der Waals surface area contributed by atoms with Crippen LogP contribution >= 0.6 is 27.5 Å². The zero-order chi connectivity index (χ0) is 14.4. The molecule has 0 saturated carbocycles. The van der Waals surface area contributed by atoms with E-state index in [1.807, 2.05) is 0 Å². The Morgan fingerprint density at radius 2 is 2.10 bits per heavy atom. The monoisotopic (exact) mass is 357 g/mol.